The van der Waals surface area contributed by atoms with Crippen molar-refractivity contribution in [1.29, 1.82) is 0 Å². The van der Waals surface area contributed by atoms with E-state index in [4.69, 9.17) is 4.74 Å². The van der Waals surface area contributed by atoms with Gasteiger partial charge in [0.2, 0.25) is 0 Å². The maximum absolute atomic E-state index is 13.1. The predicted molar refractivity (Wildman–Crippen MR) is 125 cm³/mol. The molecular weight excluding hydrogens is 422 g/mol. The number of nitrogens with zero attached hydrogens (tertiary/aromatic N) is 1. The van der Waals surface area contributed by atoms with E-state index in [1.54, 1.807) is 12.1 Å². The number of hydrogen-bond acceptors (Lipinski definition) is 5. The van der Waals surface area contributed by atoms with Crippen molar-refractivity contribution in [3.8, 4) is 0 Å². The fraction of sp³-hybridized carbons (Fsp3) is 0.600. The van der Waals surface area contributed by atoms with Crippen molar-refractivity contribution in [2.24, 2.45) is 11.3 Å². The summed E-state index contributed by atoms with van der Waals surface area (Å²) in [5, 5.41) is 5.50. The summed E-state index contributed by atoms with van der Waals surface area (Å²) >= 11 is 0. The Morgan fingerprint density at radius 1 is 1.21 bits per heavy atom. The molecule has 8 heteroatoms. The van der Waals surface area contributed by atoms with Gasteiger partial charge in [-0.25, -0.2) is 4.79 Å². The van der Waals surface area contributed by atoms with Crippen LogP contribution in [0.1, 0.15) is 71.8 Å². The van der Waals surface area contributed by atoms with Crippen LogP contribution in [-0.4, -0.2) is 47.4 Å². The smallest absolute Gasteiger partial charge is 0.326 e. The molecule has 1 aliphatic carbocycles. The van der Waals surface area contributed by atoms with Gasteiger partial charge in [0.25, 0.3) is 11.8 Å². The third-order valence-electron chi connectivity index (χ3n) is 6.65. The van der Waals surface area contributed by atoms with Gasteiger partial charge in [0.15, 0.2) is 6.61 Å². The van der Waals surface area contributed by atoms with E-state index in [0.717, 1.165) is 17.7 Å². The fourth-order valence-electron chi connectivity index (χ4n) is 5.30. The quantitative estimate of drug-likeness (QED) is 0.478. The number of esters is 1. The van der Waals surface area contributed by atoms with Crippen molar-refractivity contribution in [2.75, 3.05) is 18.5 Å². The molecule has 1 saturated carbocycles. The molecule has 1 aliphatic heterocycles. The molecule has 0 radical (unpaired) electrons. The Kier molecular flexibility index (Phi) is 7.14. The molecule has 180 valence electrons. The first kappa shape index (κ1) is 24.7. The summed E-state index contributed by atoms with van der Waals surface area (Å²) in [5.41, 5.74) is 0.719. The molecule has 0 unspecified atom stereocenters. The summed E-state index contributed by atoms with van der Waals surface area (Å²) in [4.78, 5) is 50.9. The Morgan fingerprint density at radius 3 is 2.48 bits per heavy atom. The molecule has 4 amide bonds. The third kappa shape index (κ3) is 5.72. The highest BCUT2D eigenvalue weighted by molar-refractivity contribution is 6.09. The van der Waals surface area contributed by atoms with Crippen LogP contribution in [0.3, 0.4) is 0 Å². The molecule has 33 heavy (non-hydrogen) atoms. The molecule has 0 bridgehead atoms. The Morgan fingerprint density at radius 2 is 1.88 bits per heavy atom. The van der Waals surface area contributed by atoms with Crippen molar-refractivity contribution in [2.45, 2.75) is 71.8 Å². The summed E-state index contributed by atoms with van der Waals surface area (Å²) in [6, 6.07) is 6.93. The molecule has 1 heterocycles. The van der Waals surface area contributed by atoms with E-state index in [0.29, 0.717) is 24.4 Å². The maximum atomic E-state index is 13.1. The lowest BCUT2D eigenvalue weighted by Crippen LogP contribution is -2.54. The van der Waals surface area contributed by atoms with Gasteiger partial charge in [-0.15, -0.1) is 0 Å². The number of carbonyl (C=O) groups is 4. The highest BCUT2D eigenvalue weighted by Crippen LogP contribution is 2.46. The maximum Gasteiger partial charge on any atom is 0.326 e. The minimum Gasteiger partial charge on any atom is -0.454 e. The largest absolute Gasteiger partial charge is 0.454 e. The van der Waals surface area contributed by atoms with Gasteiger partial charge in [-0.05, 0) is 60.6 Å². The summed E-state index contributed by atoms with van der Waals surface area (Å²) in [6.07, 6.45) is 3.07. The monoisotopic (exact) mass is 457 g/mol. The van der Waals surface area contributed by atoms with E-state index in [1.165, 1.54) is 5.56 Å². The van der Waals surface area contributed by atoms with Crippen LogP contribution in [0.5, 0.6) is 0 Å². The van der Waals surface area contributed by atoms with Gasteiger partial charge in [0, 0.05) is 5.69 Å². The highest BCUT2D eigenvalue weighted by atomic mass is 16.5. The van der Waals surface area contributed by atoms with Crippen LogP contribution >= 0.6 is 0 Å². The molecule has 3 rings (SSSR count). The van der Waals surface area contributed by atoms with Gasteiger partial charge < -0.3 is 15.4 Å². The van der Waals surface area contributed by atoms with Crippen LogP contribution < -0.4 is 10.6 Å². The van der Waals surface area contributed by atoms with Crippen LogP contribution in [0.15, 0.2) is 24.3 Å². The van der Waals surface area contributed by atoms with Gasteiger partial charge in [0.1, 0.15) is 12.1 Å². The van der Waals surface area contributed by atoms with Crippen LogP contribution in [0.4, 0.5) is 10.5 Å². The van der Waals surface area contributed by atoms with Crippen molar-refractivity contribution < 1.29 is 23.9 Å². The summed E-state index contributed by atoms with van der Waals surface area (Å²) in [5.74, 6) is -0.983. The molecule has 3 atom stereocenters. The number of ether oxygens (including phenoxy) is 1. The molecule has 8 nitrogen and oxygen atoms in total. The van der Waals surface area contributed by atoms with E-state index in [9.17, 15) is 19.2 Å². The van der Waals surface area contributed by atoms with E-state index >= 15 is 0 Å². The van der Waals surface area contributed by atoms with Crippen molar-refractivity contribution in [3.05, 3.63) is 29.8 Å². The van der Waals surface area contributed by atoms with Crippen LogP contribution in [0.2, 0.25) is 0 Å². The number of nitrogens with one attached hydrogen (secondary N) is 2. The predicted octanol–water partition coefficient (Wildman–Crippen LogP) is 3.82. The lowest BCUT2D eigenvalue weighted by molar-refractivity contribution is -0.150. The van der Waals surface area contributed by atoms with E-state index in [2.05, 4.69) is 45.3 Å². The molecule has 2 N–H and O–H groups in total. The molecular formula is C25H35N3O5. The van der Waals surface area contributed by atoms with Gasteiger partial charge in [-0.2, -0.15) is 0 Å². The number of imide groups is 1. The summed E-state index contributed by atoms with van der Waals surface area (Å²) < 4.78 is 5.03. The highest BCUT2D eigenvalue weighted by Gasteiger charge is 2.56. The Balaban J connectivity index is 1.52. The minimum absolute atomic E-state index is 0.0952. The van der Waals surface area contributed by atoms with Crippen LogP contribution in [0, 0.1) is 11.3 Å². The standard InChI is InChI=1S/C25H35N3O5/c1-6-17(3)18-7-9-19(10-8-18)26-20(29)14-33-21(30)13-28-22(31)25(27-23(28)32)12-16(2)11-24(4,5)15-25/h7-10,16-17H,6,11-15H2,1-5H3,(H,26,29)(H,27,32)/t16-,17-,25-/m0/s1. The Bertz CT molecular complexity index is 926. The lowest BCUT2D eigenvalue weighted by atomic mass is 9.64. The fourth-order valence-corrected chi connectivity index (χ4v) is 5.30. The second kappa shape index (κ2) is 9.53. The van der Waals surface area contributed by atoms with Crippen molar-refractivity contribution in [1.82, 2.24) is 10.2 Å². The number of hydrogen-bond donors (Lipinski definition) is 2. The first-order valence-corrected chi connectivity index (χ1v) is 11.6. The molecule has 1 saturated heterocycles. The SMILES string of the molecule is CC[C@H](C)c1ccc(NC(=O)COC(=O)CN2C(=O)N[C@]3(C[C@@H](C)CC(C)(C)C3)C2=O)cc1. The van der Waals surface area contributed by atoms with Gasteiger partial charge in [0.05, 0.1) is 0 Å². The van der Waals surface area contributed by atoms with Crippen molar-refractivity contribution in [3.63, 3.8) is 0 Å². The zero-order valence-corrected chi connectivity index (χ0v) is 20.2. The first-order valence-electron chi connectivity index (χ1n) is 11.6. The molecule has 1 aromatic carbocycles. The van der Waals surface area contributed by atoms with Crippen LogP contribution in [0.25, 0.3) is 0 Å². The van der Waals surface area contributed by atoms with E-state index < -0.39 is 42.5 Å². The molecule has 1 aromatic rings. The molecule has 2 aliphatic rings. The average molecular weight is 458 g/mol. The van der Waals surface area contributed by atoms with Gasteiger partial charge in [-0.3, -0.25) is 19.3 Å². The second-order valence-corrected chi connectivity index (χ2v) is 10.4. The summed E-state index contributed by atoms with van der Waals surface area (Å²) in [6.45, 7) is 9.47. The molecule has 1 spiro atoms. The topological polar surface area (TPSA) is 105 Å². The second-order valence-electron chi connectivity index (χ2n) is 10.4. The number of urea groups is 1. The summed E-state index contributed by atoms with van der Waals surface area (Å²) in [7, 11) is 0. The zero-order valence-electron chi connectivity index (χ0n) is 20.2. The number of anilines is 1. The zero-order chi connectivity index (χ0) is 24.4. The molecule has 2 fully saturated rings. The third-order valence-corrected chi connectivity index (χ3v) is 6.65. The Labute approximate surface area is 195 Å². The van der Waals surface area contributed by atoms with Gasteiger partial charge >= 0.3 is 12.0 Å². The van der Waals surface area contributed by atoms with E-state index in [1.807, 2.05) is 12.1 Å². The first-order chi connectivity index (χ1) is 15.4. The number of rotatable bonds is 7. The van der Waals surface area contributed by atoms with Crippen molar-refractivity contribution >= 4 is 29.5 Å². The number of amides is 4. The van der Waals surface area contributed by atoms with Crippen LogP contribution in [-0.2, 0) is 19.1 Å². The molecule has 0 aromatic heterocycles. The van der Waals surface area contributed by atoms with E-state index in [-0.39, 0.29) is 11.3 Å². The number of carbonyl (C=O) groups excluding carboxylic acids is 4. The lowest BCUT2D eigenvalue weighted by Gasteiger charge is -2.43. The normalized spacial score (nSPS) is 25.0. The average Bonchev–Trinajstić information content (AvgIpc) is 2.93. The Hall–Kier alpha value is -2.90. The van der Waals surface area contributed by atoms with Gasteiger partial charge in [-0.1, -0.05) is 46.8 Å². The number of benzene rings is 1. The minimum atomic E-state index is -0.975.